The number of hydrogen-bond donors (Lipinski definition) is 1. The molecule has 1 aliphatic rings. The fraction of sp³-hybridized carbons (Fsp3) is 0.571. The van der Waals surface area contributed by atoms with E-state index in [1.54, 1.807) is 0 Å². The minimum Gasteiger partial charge on any atom is -0.489 e. The van der Waals surface area contributed by atoms with E-state index in [4.69, 9.17) is 4.74 Å². The third-order valence-electron chi connectivity index (χ3n) is 2.96. The molecule has 0 radical (unpaired) electrons. The number of hydrogen-bond acceptors (Lipinski definition) is 2. The van der Waals surface area contributed by atoms with Gasteiger partial charge in [-0.25, -0.2) is 4.39 Å². The first kappa shape index (κ1) is 13.8. The SMILES string of the molecule is CCCC(CNC1CC1)Oc1cc(F)cc(Br)c1. The quantitative estimate of drug-likeness (QED) is 0.824. The van der Waals surface area contributed by atoms with Gasteiger partial charge in [0.15, 0.2) is 0 Å². The van der Waals surface area contributed by atoms with Gasteiger partial charge in [0.25, 0.3) is 0 Å². The Balaban J connectivity index is 1.92. The van der Waals surface area contributed by atoms with Crippen LogP contribution < -0.4 is 10.1 Å². The lowest BCUT2D eigenvalue weighted by Gasteiger charge is -2.19. The van der Waals surface area contributed by atoms with Crippen LogP contribution in [0.25, 0.3) is 0 Å². The first-order valence-corrected chi connectivity index (χ1v) is 7.33. The van der Waals surface area contributed by atoms with E-state index in [-0.39, 0.29) is 11.9 Å². The lowest BCUT2D eigenvalue weighted by atomic mass is 10.2. The highest BCUT2D eigenvalue weighted by Gasteiger charge is 2.22. The summed E-state index contributed by atoms with van der Waals surface area (Å²) in [7, 11) is 0. The third kappa shape index (κ3) is 4.58. The van der Waals surface area contributed by atoms with Crippen LogP contribution in [0.4, 0.5) is 4.39 Å². The highest BCUT2D eigenvalue weighted by atomic mass is 79.9. The monoisotopic (exact) mass is 315 g/mol. The van der Waals surface area contributed by atoms with Crippen molar-refractivity contribution in [3.8, 4) is 5.75 Å². The normalized spacial score (nSPS) is 16.6. The molecule has 1 saturated carbocycles. The van der Waals surface area contributed by atoms with Gasteiger partial charge < -0.3 is 10.1 Å². The molecule has 0 bridgehead atoms. The van der Waals surface area contributed by atoms with Crippen molar-refractivity contribution in [2.45, 2.75) is 44.8 Å². The Kier molecular flexibility index (Phi) is 5.01. The minimum absolute atomic E-state index is 0.115. The van der Waals surface area contributed by atoms with E-state index in [1.807, 2.05) is 6.07 Å². The highest BCUT2D eigenvalue weighted by Crippen LogP contribution is 2.23. The van der Waals surface area contributed by atoms with E-state index in [9.17, 15) is 4.39 Å². The van der Waals surface area contributed by atoms with E-state index in [1.165, 1.54) is 25.0 Å². The molecule has 100 valence electrons. The molecule has 4 heteroatoms. The van der Waals surface area contributed by atoms with Gasteiger partial charge in [0, 0.05) is 23.1 Å². The Bertz CT molecular complexity index is 375. The van der Waals surface area contributed by atoms with Crippen molar-refractivity contribution in [2.24, 2.45) is 0 Å². The average Bonchev–Trinajstić information content (AvgIpc) is 3.08. The zero-order valence-corrected chi connectivity index (χ0v) is 12.2. The van der Waals surface area contributed by atoms with Crippen molar-refractivity contribution in [3.63, 3.8) is 0 Å². The third-order valence-corrected chi connectivity index (χ3v) is 3.42. The van der Waals surface area contributed by atoms with Crippen LogP contribution in [0.15, 0.2) is 22.7 Å². The summed E-state index contributed by atoms with van der Waals surface area (Å²) in [6.45, 7) is 2.97. The molecule has 2 nitrogen and oxygen atoms in total. The van der Waals surface area contributed by atoms with Gasteiger partial charge in [-0.3, -0.25) is 0 Å². The van der Waals surface area contributed by atoms with E-state index < -0.39 is 0 Å². The smallest absolute Gasteiger partial charge is 0.128 e. The molecule has 18 heavy (non-hydrogen) atoms. The van der Waals surface area contributed by atoms with Gasteiger partial charge in [-0.1, -0.05) is 29.3 Å². The second kappa shape index (κ2) is 6.53. The maximum atomic E-state index is 13.3. The number of rotatable bonds is 7. The van der Waals surface area contributed by atoms with E-state index >= 15 is 0 Å². The summed E-state index contributed by atoms with van der Waals surface area (Å²) in [5.74, 6) is 0.322. The van der Waals surface area contributed by atoms with Crippen molar-refractivity contribution in [1.29, 1.82) is 0 Å². The van der Waals surface area contributed by atoms with Gasteiger partial charge in [-0.15, -0.1) is 0 Å². The molecule has 0 heterocycles. The standard InChI is InChI=1S/C14H19BrFNO/c1-2-3-13(9-17-12-4-5-12)18-14-7-10(15)6-11(16)8-14/h6-8,12-13,17H,2-5,9H2,1H3. The van der Waals surface area contributed by atoms with Gasteiger partial charge in [0.1, 0.15) is 17.7 Å². The topological polar surface area (TPSA) is 21.3 Å². The summed E-state index contributed by atoms with van der Waals surface area (Å²) >= 11 is 3.28. The van der Waals surface area contributed by atoms with Crippen LogP contribution in [0, 0.1) is 5.82 Å². The number of nitrogens with one attached hydrogen (secondary N) is 1. The fourth-order valence-corrected chi connectivity index (χ4v) is 2.34. The summed E-state index contributed by atoms with van der Waals surface area (Å²) in [5, 5.41) is 3.46. The molecular weight excluding hydrogens is 297 g/mol. The number of halogens is 2. The van der Waals surface area contributed by atoms with Gasteiger partial charge in [0.05, 0.1) is 0 Å². The molecule has 1 unspecified atom stereocenters. The van der Waals surface area contributed by atoms with Gasteiger partial charge in [-0.05, 0) is 31.4 Å². The van der Waals surface area contributed by atoms with Crippen molar-refractivity contribution in [2.75, 3.05) is 6.54 Å². The molecule has 0 spiro atoms. The van der Waals surface area contributed by atoms with E-state index in [2.05, 4.69) is 28.2 Å². The molecule has 0 aliphatic heterocycles. The first-order valence-electron chi connectivity index (χ1n) is 6.53. The summed E-state index contributed by atoms with van der Waals surface area (Å²) in [4.78, 5) is 0. The van der Waals surface area contributed by atoms with Gasteiger partial charge >= 0.3 is 0 Å². The molecule has 1 N–H and O–H groups in total. The van der Waals surface area contributed by atoms with Crippen molar-refractivity contribution < 1.29 is 9.13 Å². The van der Waals surface area contributed by atoms with Crippen LogP contribution in [0.3, 0.4) is 0 Å². The Hall–Kier alpha value is -0.610. The van der Waals surface area contributed by atoms with Crippen LogP contribution in [0.1, 0.15) is 32.6 Å². The van der Waals surface area contributed by atoms with Crippen LogP contribution in [-0.4, -0.2) is 18.7 Å². The zero-order valence-electron chi connectivity index (χ0n) is 10.6. The average molecular weight is 316 g/mol. The Labute approximate surface area is 116 Å². The summed E-state index contributed by atoms with van der Waals surface area (Å²) in [6, 6.07) is 5.35. The molecule has 0 saturated heterocycles. The maximum Gasteiger partial charge on any atom is 0.128 e. The van der Waals surface area contributed by atoms with E-state index in [0.29, 0.717) is 16.3 Å². The Morgan fingerprint density at radius 1 is 1.44 bits per heavy atom. The van der Waals surface area contributed by atoms with E-state index in [0.717, 1.165) is 19.4 Å². The largest absolute Gasteiger partial charge is 0.489 e. The molecular formula is C14H19BrFNO. The van der Waals surface area contributed by atoms with Crippen molar-refractivity contribution in [3.05, 3.63) is 28.5 Å². The van der Waals surface area contributed by atoms with Crippen molar-refractivity contribution >= 4 is 15.9 Å². The molecule has 1 aromatic carbocycles. The van der Waals surface area contributed by atoms with Crippen molar-refractivity contribution in [1.82, 2.24) is 5.32 Å². The predicted molar refractivity (Wildman–Crippen MR) is 74.4 cm³/mol. The van der Waals surface area contributed by atoms with Crippen LogP contribution in [-0.2, 0) is 0 Å². The number of benzene rings is 1. The summed E-state index contributed by atoms with van der Waals surface area (Å²) in [5.41, 5.74) is 0. The summed E-state index contributed by atoms with van der Waals surface area (Å²) < 4.78 is 19.8. The Morgan fingerprint density at radius 3 is 2.83 bits per heavy atom. The molecule has 0 aromatic heterocycles. The molecule has 1 fully saturated rings. The van der Waals surface area contributed by atoms with Crippen LogP contribution >= 0.6 is 15.9 Å². The second-order valence-corrected chi connectivity index (χ2v) is 5.73. The predicted octanol–water partition coefficient (Wildman–Crippen LogP) is 3.89. The number of ether oxygens (including phenoxy) is 1. The van der Waals surface area contributed by atoms with Crippen LogP contribution in [0.2, 0.25) is 0 Å². The molecule has 2 rings (SSSR count). The summed E-state index contributed by atoms with van der Waals surface area (Å²) in [6.07, 6.45) is 4.69. The highest BCUT2D eigenvalue weighted by molar-refractivity contribution is 9.10. The van der Waals surface area contributed by atoms with Gasteiger partial charge in [0.2, 0.25) is 0 Å². The fourth-order valence-electron chi connectivity index (χ4n) is 1.90. The Morgan fingerprint density at radius 2 is 2.22 bits per heavy atom. The molecule has 1 atom stereocenters. The maximum absolute atomic E-state index is 13.3. The van der Waals surface area contributed by atoms with Crippen LogP contribution in [0.5, 0.6) is 5.75 Å². The first-order chi connectivity index (χ1) is 8.67. The minimum atomic E-state index is -0.273. The molecule has 1 aromatic rings. The second-order valence-electron chi connectivity index (χ2n) is 4.82. The molecule has 0 amide bonds. The van der Waals surface area contributed by atoms with Gasteiger partial charge in [-0.2, -0.15) is 0 Å². The lowest BCUT2D eigenvalue weighted by Crippen LogP contribution is -2.32. The zero-order chi connectivity index (χ0) is 13.0. The lowest BCUT2D eigenvalue weighted by molar-refractivity contribution is 0.185. The molecule has 1 aliphatic carbocycles.